The molecule has 96 valence electrons. The summed E-state index contributed by atoms with van der Waals surface area (Å²) in [6.07, 6.45) is 0.651. The number of hydrogen-bond acceptors (Lipinski definition) is 6. The molecule has 1 rings (SSSR count). The van der Waals surface area contributed by atoms with Crippen LogP contribution in [0.2, 0.25) is 0 Å². The molecule has 0 aliphatic carbocycles. The fraction of sp³-hybridized carbons (Fsp3) is 0.600. The fourth-order valence-electron chi connectivity index (χ4n) is 1.37. The third-order valence-corrected chi connectivity index (χ3v) is 3.06. The molecule has 1 heterocycles. The molecule has 0 spiro atoms. The van der Waals surface area contributed by atoms with Crippen molar-refractivity contribution in [2.24, 2.45) is 5.73 Å². The lowest BCUT2D eigenvalue weighted by Crippen LogP contribution is -2.36. The topological polar surface area (TPSA) is 99.7 Å². The second-order valence-corrected chi connectivity index (χ2v) is 4.35. The molecule has 0 aliphatic heterocycles. The quantitative estimate of drug-likeness (QED) is 0.587. The van der Waals surface area contributed by atoms with Gasteiger partial charge in [-0.2, -0.15) is 0 Å². The molecule has 0 fully saturated rings. The Morgan fingerprint density at radius 2 is 2.06 bits per heavy atom. The Labute approximate surface area is 104 Å². The molecular weight excluding hydrogens is 242 g/mol. The highest BCUT2D eigenvalue weighted by molar-refractivity contribution is 7.09. The Morgan fingerprint density at radius 1 is 1.41 bits per heavy atom. The molecular formula is C10H17N3O3S. The minimum atomic E-state index is -0.271. The molecule has 1 aromatic heterocycles. The predicted molar refractivity (Wildman–Crippen MR) is 64.9 cm³/mol. The van der Waals surface area contributed by atoms with Gasteiger partial charge in [-0.15, -0.1) is 11.3 Å². The van der Waals surface area contributed by atoms with E-state index < -0.39 is 0 Å². The maximum Gasteiger partial charge on any atom is 0.273 e. The van der Waals surface area contributed by atoms with Crippen LogP contribution in [-0.2, 0) is 6.42 Å². The highest BCUT2D eigenvalue weighted by Gasteiger charge is 2.17. The lowest BCUT2D eigenvalue weighted by molar-refractivity contribution is 0.0679. The van der Waals surface area contributed by atoms with Crippen LogP contribution in [0, 0.1) is 0 Å². The van der Waals surface area contributed by atoms with Crippen molar-refractivity contribution in [1.82, 2.24) is 9.88 Å². The molecule has 0 bridgehead atoms. The van der Waals surface area contributed by atoms with E-state index >= 15 is 0 Å². The van der Waals surface area contributed by atoms with Crippen LogP contribution in [0.1, 0.15) is 15.5 Å². The first-order chi connectivity index (χ1) is 8.22. The predicted octanol–water partition coefficient (Wildman–Crippen LogP) is -0.929. The minimum absolute atomic E-state index is 0.133. The van der Waals surface area contributed by atoms with Gasteiger partial charge in [-0.3, -0.25) is 4.79 Å². The zero-order valence-corrected chi connectivity index (χ0v) is 10.3. The smallest absolute Gasteiger partial charge is 0.273 e. The van der Waals surface area contributed by atoms with Crippen LogP contribution in [0.3, 0.4) is 0 Å². The van der Waals surface area contributed by atoms with Gasteiger partial charge in [0.2, 0.25) is 0 Å². The number of nitrogens with two attached hydrogens (primary N) is 1. The van der Waals surface area contributed by atoms with Crippen molar-refractivity contribution in [3.8, 4) is 0 Å². The third kappa shape index (κ3) is 4.04. The van der Waals surface area contributed by atoms with Crippen LogP contribution in [0.5, 0.6) is 0 Å². The van der Waals surface area contributed by atoms with Gasteiger partial charge in [0.05, 0.1) is 18.2 Å². The molecule has 0 saturated carbocycles. The molecule has 0 radical (unpaired) electrons. The van der Waals surface area contributed by atoms with Crippen LogP contribution in [0.4, 0.5) is 0 Å². The third-order valence-electron chi connectivity index (χ3n) is 2.16. The summed E-state index contributed by atoms with van der Waals surface area (Å²) in [7, 11) is 0. The van der Waals surface area contributed by atoms with Gasteiger partial charge < -0.3 is 20.8 Å². The summed E-state index contributed by atoms with van der Waals surface area (Å²) in [5.74, 6) is -0.271. The van der Waals surface area contributed by atoms with Gasteiger partial charge in [0, 0.05) is 24.9 Å². The molecule has 6 nitrogen and oxygen atoms in total. The molecule has 1 amide bonds. The molecule has 1 aromatic rings. The normalized spacial score (nSPS) is 10.5. The van der Waals surface area contributed by atoms with Crippen LogP contribution < -0.4 is 5.73 Å². The number of hydrogen-bond donors (Lipinski definition) is 3. The number of rotatable bonds is 7. The van der Waals surface area contributed by atoms with E-state index in [4.69, 9.17) is 15.9 Å². The minimum Gasteiger partial charge on any atom is -0.395 e. The van der Waals surface area contributed by atoms with Gasteiger partial charge in [0.1, 0.15) is 5.69 Å². The van der Waals surface area contributed by atoms with Crippen molar-refractivity contribution in [2.45, 2.75) is 6.42 Å². The van der Waals surface area contributed by atoms with E-state index in [1.807, 2.05) is 0 Å². The van der Waals surface area contributed by atoms with E-state index in [2.05, 4.69) is 4.98 Å². The number of thiazole rings is 1. The Morgan fingerprint density at radius 3 is 2.59 bits per heavy atom. The highest BCUT2D eigenvalue weighted by atomic mass is 32.1. The van der Waals surface area contributed by atoms with Gasteiger partial charge in [0.25, 0.3) is 5.91 Å². The number of nitrogens with zero attached hydrogens (tertiary/aromatic N) is 2. The summed E-state index contributed by atoms with van der Waals surface area (Å²) in [6, 6.07) is 0. The van der Waals surface area contributed by atoms with Gasteiger partial charge in [0.15, 0.2) is 0 Å². The summed E-state index contributed by atoms with van der Waals surface area (Å²) in [5, 5.41) is 20.2. The Hall–Kier alpha value is -1.02. The number of aliphatic hydroxyl groups excluding tert-OH is 2. The van der Waals surface area contributed by atoms with Crippen molar-refractivity contribution in [3.05, 3.63) is 16.1 Å². The summed E-state index contributed by atoms with van der Waals surface area (Å²) >= 11 is 1.39. The molecule has 7 heteroatoms. The molecule has 0 aromatic carbocycles. The number of carbonyl (C=O) groups excluding carboxylic acids is 1. The van der Waals surface area contributed by atoms with Crippen molar-refractivity contribution in [3.63, 3.8) is 0 Å². The van der Waals surface area contributed by atoms with Crippen LogP contribution in [0.15, 0.2) is 5.38 Å². The van der Waals surface area contributed by atoms with Gasteiger partial charge in [-0.05, 0) is 6.54 Å². The zero-order valence-electron chi connectivity index (χ0n) is 9.50. The van der Waals surface area contributed by atoms with Gasteiger partial charge in [-0.25, -0.2) is 4.98 Å². The van der Waals surface area contributed by atoms with Crippen LogP contribution in [-0.4, -0.2) is 58.9 Å². The SMILES string of the molecule is NCCc1nc(C(=O)N(CCO)CCO)cs1. The van der Waals surface area contributed by atoms with E-state index in [1.54, 1.807) is 5.38 Å². The van der Waals surface area contributed by atoms with Crippen molar-refractivity contribution in [1.29, 1.82) is 0 Å². The van der Waals surface area contributed by atoms with Crippen molar-refractivity contribution < 1.29 is 15.0 Å². The number of aromatic nitrogens is 1. The monoisotopic (exact) mass is 259 g/mol. The van der Waals surface area contributed by atoms with Crippen molar-refractivity contribution in [2.75, 3.05) is 32.8 Å². The van der Waals surface area contributed by atoms with E-state index in [-0.39, 0.29) is 32.2 Å². The number of carbonyl (C=O) groups is 1. The maximum absolute atomic E-state index is 12.0. The lowest BCUT2D eigenvalue weighted by Gasteiger charge is -2.19. The van der Waals surface area contributed by atoms with Gasteiger partial charge in [-0.1, -0.05) is 0 Å². The molecule has 0 unspecified atom stereocenters. The molecule has 0 atom stereocenters. The first-order valence-corrected chi connectivity index (χ1v) is 6.26. The van der Waals surface area contributed by atoms with E-state index in [0.717, 1.165) is 5.01 Å². The molecule has 17 heavy (non-hydrogen) atoms. The van der Waals surface area contributed by atoms with Crippen LogP contribution in [0.25, 0.3) is 0 Å². The molecule has 0 saturated heterocycles. The van der Waals surface area contributed by atoms with E-state index in [9.17, 15) is 4.79 Å². The average molecular weight is 259 g/mol. The number of amides is 1. The summed E-state index contributed by atoms with van der Waals surface area (Å²) < 4.78 is 0. The van der Waals surface area contributed by atoms with E-state index in [1.165, 1.54) is 16.2 Å². The standard InChI is InChI=1S/C10H17N3O3S/c11-2-1-9-12-8(7-17-9)10(16)13(3-5-14)4-6-15/h7,14-15H,1-6,11H2. The van der Waals surface area contributed by atoms with E-state index in [0.29, 0.717) is 18.7 Å². The first-order valence-electron chi connectivity index (χ1n) is 5.38. The second kappa shape index (κ2) is 7.33. The van der Waals surface area contributed by atoms with Gasteiger partial charge >= 0.3 is 0 Å². The lowest BCUT2D eigenvalue weighted by atomic mass is 10.3. The average Bonchev–Trinajstić information content (AvgIpc) is 2.77. The highest BCUT2D eigenvalue weighted by Crippen LogP contribution is 2.12. The Kier molecular flexibility index (Phi) is 6.06. The van der Waals surface area contributed by atoms with Crippen LogP contribution >= 0.6 is 11.3 Å². The molecule has 0 aliphatic rings. The first kappa shape index (κ1) is 14.0. The zero-order chi connectivity index (χ0) is 12.7. The second-order valence-electron chi connectivity index (χ2n) is 3.40. The fourth-order valence-corrected chi connectivity index (χ4v) is 2.15. The molecule has 4 N–H and O–H groups in total. The summed E-state index contributed by atoms with van der Waals surface area (Å²) in [5.41, 5.74) is 5.75. The maximum atomic E-state index is 12.0. The largest absolute Gasteiger partial charge is 0.395 e. The summed E-state index contributed by atoms with van der Waals surface area (Å²) in [4.78, 5) is 17.5. The van der Waals surface area contributed by atoms with Crippen molar-refractivity contribution >= 4 is 17.2 Å². The Bertz CT molecular complexity index is 350. The summed E-state index contributed by atoms with van der Waals surface area (Å²) in [6.45, 7) is 0.626. The Balaban J connectivity index is 2.70. The number of aliphatic hydroxyl groups is 2.